The molecule has 15 heavy (non-hydrogen) atoms. The van der Waals surface area contributed by atoms with E-state index in [1.807, 2.05) is 0 Å². The van der Waals surface area contributed by atoms with Crippen molar-refractivity contribution in [3.05, 3.63) is 0 Å². The van der Waals surface area contributed by atoms with E-state index in [0.717, 1.165) is 18.5 Å². The maximum absolute atomic E-state index is 5.56. The summed E-state index contributed by atoms with van der Waals surface area (Å²) in [6, 6.07) is 0. The van der Waals surface area contributed by atoms with Gasteiger partial charge >= 0.3 is 0 Å². The third kappa shape index (κ3) is 5.85. The monoisotopic (exact) mass is 278 g/mol. The van der Waals surface area contributed by atoms with Crippen LogP contribution >= 0.6 is 15.9 Å². The first kappa shape index (κ1) is 13.4. The van der Waals surface area contributed by atoms with Crippen molar-refractivity contribution in [1.29, 1.82) is 0 Å². The molecule has 0 radical (unpaired) electrons. The van der Waals surface area contributed by atoms with E-state index in [1.54, 1.807) is 0 Å². The minimum atomic E-state index is 0.361. The Morgan fingerprint density at radius 3 is 2.07 bits per heavy atom. The first-order chi connectivity index (χ1) is 7.22. The zero-order valence-electron chi connectivity index (χ0n) is 9.91. The van der Waals surface area contributed by atoms with Crippen molar-refractivity contribution in [2.24, 2.45) is 0 Å². The van der Waals surface area contributed by atoms with Crippen molar-refractivity contribution >= 4 is 15.9 Å². The maximum atomic E-state index is 5.56. The molecule has 0 aromatic carbocycles. The molecule has 0 amide bonds. The predicted molar refractivity (Wildman–Crippen MR) is 67.8 cm³/mol. The molecule has 4 heteroatoms. The highest BCUT2D eigenvalue weighted by Gasteiger charge is 2.15. The topological polar surface area (TPSA) is 15.7 Å². The van der Waals surface area contributed by atoms with Crippen molar-refractivity contribution in [2.45, 2.75) is 20.0 Å². The van der Waals surface area contributed by atoms with Gasteiger partial charge in [-0.15, -0.1) is 0 Å². The number of halogens is 1. The van der Waals surface area contributed by atoms with Crippen molar-refractivity contribution in [3.8, 4) is 0 Å². The maximum Gasteiger partial charge on any atom is 0.0596 e. The number of hydrogen-bond donors (Lipinski definition) is 0. The van der Waals surface area contributed by atoms with Crippen LogP contribution in [0.5, 0.6) is 0 Å². The first-order valence-electron chi connectivity index (χ1n) is 5.84. The molecule has 1 aliphatic heterocycles. The molecule has 0 atom stereocenters. The molecule has 0 bridgehead atoms. The van der Waals surface area contributed by atoms with E-state index >= 15 is 0 Å². The van der Waals surface area contributed by atoms with Crippen molar-refractivity contribution in [1.82, 2.24) is 9.80 Å². The molecule has 0 saturated carbocycles. The van der Waals surface area contributed by atoms with Crippen molar-refractivity contribution in [3.63, 3.8) is 0 Å². The van der Waals surface area contributed by atoms with Crippen LogP contribution in [0.1, 0.15) is 13.8 Å². The highest BCUT2D eigenvalue weighted by molar-refractivity contribution is 9.09. The predicted octanol–water partition coefficient (Wildman–Crippen LogP) is 1.42. The van der Waals surface area contributed by atoms with Gasteiger partial charge < -0.3 is 4.74 Å². The Balaban J connectivity index is 2.04. The Morgan fingerprint density at radius 1 is 1.07 bits per heavy atom. The van der Waals surface area contributed by atoms with Crippen LogP contribution in [0, 0.1) is 0 Å². The molecule has 90 valence electrons. The van der Waals surface area contributed by atoms with Crippen LogP contribution in [-0.2, 0) is 4.74 Å². The van der Waals surface area contributed by atoms with Gasteiger partial charge in [-0.05, 0) is 13.8 Å². The number of nitrogens with zero attached hydrogens (tertiary/aromatic N) is 2. The molecular weight excluding hydrogens is 256 g/mol. The molecule has 0 spiro atoms. The zero-order valence-corrected chi connectivity index (χ0v) is 11.5. The van der Waals surface area contributed by atoms with Crippen LogP contribution in [0.25, 0.3) is 0 Å². The molecule has 3 nitrogen and oxygen atoms in total. The molecule has 1 fully saturated rings. The second kappa shape index (κ2) is 7.60. The Labute approximate surface area is 102 Å². The van der Waals surface area contributed by atoms with Gasteiger partial charge in [-0.1, -0.05) is 15.9 Å². The third-order valence-corrected chi connectivity index (χ3v) is 3.08. The van der Waals surface area contributed by atoms with E-state index in [4.69, 9.17) is 4.74 Å². The van der Waals surface area contributed by atoms with E-state index < -0.39 is 0 Å². The van der Waals surface area contributed by atoms with Gasteiger partial charge in [0.25, 0.3) is 0 Å². The zero-order chi connectivity index (χ0) is 11.1. The van der Waals surface area contributed by atoms with Gasteiger partial charge in [-0.3, -0.25) is 9.80 Å². The minimum absolute atomic E-state index is 0.361. The summed E-state index contributed by atoms with van der Waals surface area (Å²) in [6.45, 7) is 12.1. The van der Waals surface area contributed by atoms with E-state index in [0.29, 0.717) is 6.10 Å². The van der Waals surface area contributed by atoms with Crippen molar-refractivity contribution in [2.75, 3.05) is 51.2 Å². The summed E-state index contributed by atoms with van der Waals surface area (Å²) in [4.78, 5) is 5.00. The summed E-state index contributed by atoms with van der Waals surface area (Å²) in [7, 11) is 0. The Hall–Kier alpha value is 0.360. The second-order valence-electron chi connectivity index (χ2n) is 4.29. The second-order valence-corrected chi connectivity index (χ2v) is 5.08. The van der Waals surface area contributed by atoms with Gasteiger partial charge in [-0.25, -0.2) is 0 Å². The summed E-state index contributed by atoms with van der Waals surface area (Å²) >= 11 is 3.48. The van der Waals surface area contributed by atoms with Gasteiger partial charge in [0.1, 0.15) is 0 Å². The lowest BCUT2D eigenvalue weighted by atomic mass is 10.3. The van der Waals surface area contributed by atoms with Crippen LogP contribution in [0.4, 0.5) is 0 Å². The van der Waals surface area contributed by atoms with Gasteiger partial charge in [0.2, 0.25) is 0 Å². The molecule has 0 N–H and O–H groups in total. The van der Waals surface area contributed by atoms with E-state index in [9.17, 15) is 0 Å². The lowest BCUT2D eigenvalue weighted by molar-refractivity contribution is 0.0457. The van der Waals surface area contributed by atoms with Crippen LogP contribution in [0.3, 0.4) is 0 Å². The molecule has 0 aliphatic carbocycles. The minimum Gasteiger partial charge on any atom is -0.377 e. The van der Waals surface area contributed by atoms with Gasteiger partial charge in [0.15, 0.2) is 0 Å². The Morgan fingerprint density at radius 2 is 1.60 bits per heavy atom. The summed E-state index contributed by atoms with van der Waals surface area (Å²) in [5.41, 5.74) is 0. The van der Waals surface area contributed by atoms with E-state index in [-0.39, 0.29) is 0 Å². The fourth-order valence-electron chi connectivity index (χ4n) is 1.77. The molecule has 0 aromatic rings. The largest absolute Gasteiger partial charge is 0.377 e. The number of hydrogen-bond acceptors (Lipinski definition) is 3. The number of rotatable bonds is 6. The van der Waals surface area contributed by atoms with Crippen LogP contribution < -0.4 is 0 Å². The fraction of sp³-hybridized carbons (Fsp3) is 1.00. The van der Waals surface area contributed by atoms with Crippen LogP contribution in [0.15, 0.2) is 0 Å². The Bertz CT molecular complexity index is 159. The first-order valence-corrected chi connectivity index (χ1v) is 6.97. The quantitative estimate of drug-likeness (QED) is 0.684. The fourth-order valence-corrected chi connectivity index (χ4v) is 2.28. The normalized spacial score (nSPS) is 20.0. The van der Waals surface area contributed by atoms with Gasteiger partial charge in [-0.2, -0.15) is 0 Å². The average molecular weight is 279 g/mol. The van der Waals surface area contributed by atoms with E-state index in [1.165, 1.54) is 32.7 Å². The van der Waals surface area contributed by atoms with Gasteiger partial charge in [0, 0.05) is 44.6 Å². The van der Waals surface area contributed by atoms with E-state index in [2.05, 4.69) is 39.6 Å². The van der Waals surface area contributed by atoms with Crippen LogP contribution in [-0.4, -0.2) is 67.1 Å². The summed E-state index contributed by atoms with van der Waals surface area (Å²) < 4.78 is 5.56. The third-order valence-electron chi connectivity index (χ3n) is 2.72. The summed E-state index contributed by atoms with van der Waals surface area (Å²) in [5.74, 6) is 0. The van der Waals surface area contributed by atoms with Crippen molar-refractivity contribution < 1.29 is 4.74 Å². The summed E-state index contributed by atoms with van der Waals surface area (Å²) in [5, 5.41) is 1.09. The van der Waals surface area contributed by atoms with Crippen LogP contribution in [0.2, 0.25) is 0 Å². The molecule has 1 rings (SSSR count). The lowest BCUT2D eigenvalue weighted by Crippen LogP contribution is -2.47. The highest BCUT2D eigenvalue weighted by atomic mass is 79.9. The average Bonchev–Trinajstić information content (AvgIpc) is 2.20. The SMILES string of the molecule is CC(C)OCCN1CCN(CCBr)CC1. The lowest BCUT2D eigenvalue weighted by Gasteiger charge is -2.34. The molecule has 1 saturated heterocycles. The standard InChI is InChI=1S/C11H23BrN2O/c1-11(2)15-10-9-14-7-5-13(4-3-12)6-8-14/h11H,3-10H2,1-2H3. The number of piperazine rings is 1. The molecule has 1 heterocycles. The Kier molecular flexibility index (Phi) is 6.81. The molecule has 0 aromatic heterocycles. The van der Waals surface area contributed by atoms with Gasteiger partial charge in [0.05, 0.1) is 12.7 Å². The molecule has 1 aliphatic rings. The highest BCUT2D eigenvalue weighted by Crippen LogP contribution is 2.02. The molecule has 0 unspecified atom stereocenters. The smallest absolute Gasteiger partial charge is 0.0596 e. The number of alkyl halides is 1. The molecular formula is C11H23BrN2O. The summed E-state index contributed by atoms with van der Waals surface area (Å²) in [6.07, 6.45) is 0.361. The number of ether oxygens (including phenoxy) is 1.